The Hall–Kier alpha value is -2.97. The molecule has 0 saturated carbocycles. The number of hydrogen-bond donors (Lipinski definition) is 0. The number of halogens is 4. The molecule has 0 N–H and O–H groups in total. The summed E-state index contributed by atoms with van der Waals surface area (Å²) in [6.45, 7) is 3.23. The molecular weight excluding hydrogens is 354 g/mol. The Morgan fingerprint density at radius 3 is 2.42 bits per heavy atom. The van der Waals surface area contributed by atoms with E-state index in [2.05, 4.69) is 10.1 Å². The molecule has 0 bridgehead atoms. The third-order valence-electron chi connectivity index (χ3n) is 3.46. The maximum atomic E-state index is 13.4. The first-order chi connectivity index (χ1) is 12.2. The molecule has 1 aromatic carbocycles. The molecule has 5 nitrogen and oxygen atoms in total. The van der Waals surface area contributed by atoms with Crippen LogP contribution in [-0.2, 0) is 10.9 Å². The van der Waals surface area contributed by atoms with Crippen molar-refractivity contribution in [3.8, 4) is 11.3 Å². The lowest BCUT2D eigenvalue weighted by Gasteiger charge is -2.12. The van der Waals surface area contributed by atoms with Crippen molar-refractivity contribution in [2.24, 2.45) is 0 Å². The van der Waals surface area contributed by atoms with Gasteiger partial charge in [-0.2, -0.15) is 18.3 Å². The Labute approximate surface area is 145 Å². The van der Waals surface area contributed by atoms with E-state index in [9.17, 15) is 22.4 Å². The fraction of sp³-hybridized carbons (Fsp3) is 0.235. The van der Waals surface area contributed by atoms with E-state index in [1.165, 1.54) is 12.1 Å². The summed E-state index contributed by atoms with van der Waals surface area (Å²) in [6, 6.07) is 5.62. The van der Waals surface area contributed by atoms with E-state index in [1.54, 1.807) is 13.8 Å². The van der Waals surface area contributed by atoms with Crippen LogP contribution < -0.4 is 0 Å². The largest absolute Gasteiger partial charge is 0.459 e. The molecular formula is C17H13F4N3O2. The molecule has 0 saturated heterocycles. The van der Waals surface area contributed by atoms with Gasteiger partial charge in [0.15, 0.2) is 11.3 Å². The van der Waals surface area contributed by atoms with Gasteiger partial charge in [-0.05, 0) is 44.2 Å². The summed E-state index contributed by atoms with van der Waals surface area (Å²) in [4.78, 5) is 16.3. The standard InChI is InChI=1S/C17H13F4N3O2/c1-9(2)26-16(25)12-8-22-24-14(17(19,20)21)7-13(23-15(12)24)10-3-5-11(18)6-4-10/h3-9H,1-2H3. The van der Waals surface area contributed by atoms with Crippen molar-refractivity contribution in [2.45, 2.75) is 26.1 Å². The molecule has 0 radical (unpaired) electrons. The van der Waals surface area contributed by atoms with Crippen molar-refractivity contribution < 1.29 is 27.1 Å². The normalized spacial score (nSPS) is 12.0. The number of alkyl halides is 3. The van der Waals surface area contributed by atoms with Crippen molar-refractivity contribution in [3.05, 3.63) is 53.6 Å². The maximum Gasteiger partial charge on any atom is 0.433 e. The van der Waals surface area contributed by atoms with E-state index >= 15 is 0 Å². The van der Waals surface area contributed by atoms with Crippen LogP contribution in [0.3, 0.4) is 0 Å². The van der Waals surface area contributed by atoms with Crippen LogP contribution in [0.1, 0.15) is 29.9 Å². The number of ether oxygens (including phenoxy) is 1. The highest BCUT2D eigenvalue weighted by atomic mass is 19.4. The van der Waals surface area contributed by atoms with Crippen LogP contribution in [0.25, 0.3) is 16.9 Å². The highest BCUT2D eigenvalue weighted by molar-refractivity contribution is 5.96. The lowest BCUT2D eigenvalue weighted by molar-refractivity contribution is -0.142. The lowest BCUT2D eigenvalue weighted by atomic mass is 10.1. The number of fused-ring (bicyclic) bond motifs is 1. The highest BCUT2D eigenvalue weighted by Crippen LogP contribution is 2.32. The molecule has 3 rings (SSSR count). The minimum atomic E-state index is -4.73. The summed E-state index contributed by atoms with van der Waals surface area (Å²) in [7, 11) is 0. The average Bonchev–Trinajstić information content (AvgIpc) is 2.97. The Kier molecular flexibility index (Phi) is 4.39. The molecule has 0 aliphatic heterocycles. The molecule has 0 spiro atoms. The van der Waals surface area contributed by atoms with Crippen LogP contribution in [0, 0.1) is 5.82 Å². The maximum absolute atomic E-state index is 13.4. The van der Waals surface area contributed by atoms with Gasteiger partial charge in [0.25, 0.3) is 0 Å². The zero-order chi connectivity index (χ0) is 19.1. The second-order valence-corrected chi connectivity index (χ2v) is 5.78. The van der Waals surface area contributed by atoms with Crippen LogP contribution in [0.5, 0.6) is 0 Å². The number of esters is 1. The van der Waals surface area contributed by atoms with Crippen LogP contribution >= 0.6 is 0 Å². The second-order valence-electron chi connectivity index (χ2n) is 5.78. The van der Waals surface area contributed by atoms with Gasteiger partial charge in [-0.15, -0.1) is 0 Å². The van der Waals surface area contributed by atoms with Gasteiger partial charge in [0.05, 0.1) is 18.0 Å². The summed E-state index contributed by atoms with van der Waals surface area (Å²) in [5.74, 6) is -1.36. The molecule has 3 aromatic rings. The molecule has 0 aliphatic carbocycles. The van der Waals surface area contributed by atoms with Crippen LogP contribution in [0.2, 0.25) is 0 Å². The fourth-order valence-corrected chi connectivity index (χ4v) is 2.35. The lowest BCUT2D eigenvalue weighted by Crippen LogP contribution is -2.15. The van der Waals surface area contributed by atoms with Gasteiger partial charge >= 0.3 is 12.1 Å². The van der Waals surface area contributed by atoms with E-state index in [0.717, 1.165) is 24.4 Å². The van der Waals surface area contributed by atoms with E-state index in [0.29, 0.717) is 4.52 Å². The van der Waals surface area contributed by atoms with Gasteiger partial charge in [-0.3, -0.25) is 0 Å². The van der Waals surface area contributed by atoms with Gasteiger partial charge in [0, 0.05) is 5.56 Å². The highest BCUT2D eigenvalue weighted by Gasteiger charge is 2.36. The van der Waals surface area contributed by atoms with Crippen molar-refractivity contribution in [1.29, 1.82) is 0 Å². The smallest absolute Gasteiger partial charge is 0.433 e. The van der Waals surface area contributed by atoms with Crippen LogP contribution in [-0.4, -0.2) is 26.7 Å². The van der Waals surface area contributed by atoms with Gasteiger partial charge < -0.3 is 4.74 Å². The molecule has 0 amide bonds. The second kappa shape index (κ2) is 6.40. The van der Waals surface area contributed by atoms with Gasteiger partial charge in [-0.25, -0.2) is 18.7 Å². The summed E-state index contributed by atoms with van der Waals surface area (Å²) < 4.78 is 59.0. The van der Waals surface area contributed by atoms with Crippen molar-refractivity contribution in [2.75, 3.05) is 0 Å². The van der Waals surface area contributed by atoms with Gasteiger partial charge in [-0.1, -0.05) is 0 Å². The number of carbonyl (C=O) groups is 1. The summed E-state index contributed by atoms with van der Waals surface area (Å²) in [6.07, 6.45) is -4.21. The Bertz CT molecular complexity index is 963. The Morgan fingerprint density at radius 2 is 1.85 bits per heavy atom. The first-order valence-corrected chi connectivity index (χ1v) is 7.59. The molecule has 0 fully saturated rings. The zero-order valence-corrected chi connectivity index (χ0v) is 13.7. The van der Waals surface area contributed by atoms with E-state index in [4.69, 9.17) is 4.74 Å². The number of aromatic nitrogens is 3. The first-order valence-electron chi connectivity index (χ1n) is 7.59. The Balaban J connectivity index is 2.24. The molecule has 136 valence electrons. The first kappa shape index (κ1) is 17.8. The predicted octanol–water partition coefficient (Wildman–Crippen LogP) is 4.12. The minimum absolute atomic E-state index is 0.0658. The number of nitrogens with zero attached hydrogens (tertiary/aromatic N) is 3. The molecule has 9 heteroatoms. The summed E-state index contributed by atoms with van der Waals surface area (Å²) >= 11 is 0. The quantitative estimate of drug-likeness (QED) is 0.516. The molecule has 2 aromatic heterocycles. The third kappa shape index (κ3) is 3.37. The molecule has 0 aliphatic rings. The zero-order valence-electron chi connectivity index (χ0n) is 13.7. The third-order valence-corrected chi connectivity index (χ3v) is 3.46. The SMILES string of the molecule is CC(C)OC(=O)c1cnn2c(C(F)(F)F)cc(-c3ccc(F)cc3)nc12. The van der Waals surface area contributed by atoms with Gasteiger partial charge in [0.1, 0.15) is 11.4 Å². The van der Waals surface area contributed by atoms with E-state index in [1.807, 2.05) is 0 Å². The molecule has 26 heavy (non-hydrogen) atoms. The molecule has 0 unspecified atom stereocenters. The van der Waals surface area contributed by atoms with Crippen LogP contribution in [0.4, 0.5) is 17.6 Å². The minimum Gasteiger partial charge on any atom is -0.459 e. The van der Waals surface area contributed by atoms with Gasteiger partial charge in [0.2, 0.25) is 0 Å². The molecule has 2 heterocycles. The summed E-state index contributed by atoms with van der Waals surface area (Å²) in [5, 5.41) is 3.64. The van der Waals surface area contributed by atoms with E-state index < -0.39 is 29.8 Å². The number of hydrogen-bond acceptors (Lipinski definition) is 4. The number of benzene rings is 1. The number of rotatable bonds is 3. The predicted molar refractivity (Wildman–Crippen MR) is 83.9 cm³/mol. The average molecular weight is 367 g/mol. The van der Waals surface area contributed by atoms with Crippen LogP contribution in [0.15, 0.2) is 36.5 Å². The van der Waals surface area contributed by atoms with Crippen molar-refractivity contribution in [1.82, 2.24) is 14.6 Å². The fourth-order valence-electron chi connectivity index (χ4n) is 2.35. The molecule has 0 atom stereocenters. The topological polar surface area (TPSA) is 56.5 Å². The Morgan fingerprint density at radius 1 is 1.19 bits per heavy atom. The van der Waals surface area contributed by atoms with Crippen molar-refractivity contribution in [3.63, 3.8) is 0 Å². The summed E-state index contributed by atoms with van der Waals surface area (Å²) in [5.41, 5.74) is -1.38. The number of carbonyl (C=O) groups excluding carboxylic acids is 1. The monoisotopic (exact) mass is 367 g/mol. The van der Waals surface area contributed by atoms with Crippen molar-refractivity contribution >= 4 is 11.6 Å². The van der Waals surface area contributed by atoms with E-state index in [-0.39, 0.29) is 22.5 Å².